The van der Waals surface area contributed by atoms with Gasteiger partial charge in [-0.25, -0.2) is 4.74 Å². The molecule has 4 rings (SSSR count). The minimum absolute atomic E-state index is 0.112. The first-order valence-electron chi connectivity index (χ1n) is 10.2. The van der Waals surface area contributed by atoms with Crippen molar-refractivity contribution in [1.29, 1.82) is 0 Å². The second kappa shape index (κ2) is 6.91. The fourth-order valence-corrected chi connectivity index (χ4v) is 7.33. The van der Waals surface area contributed by atoms with E-state index in [2.05, 4.69) is 4.74 Å². The molecule has 0 spiro atoms. The SMILES string of the molecule is O=S(=O)(O)C(F)(F)C(F)(F)OC(F)(F)C(F)(F)CCC1CC2CC1C1C3CCC(C3)C21. The third-order valence-corrected chi connectivity index (χ3v) is 8.93. The Morgan fingerprint density at radius 3 is 1.97 bits per heavy atom. The molecule has 0 aromatic heterocycles. The van der Waals surface area contributed by atoms with Crippen LogP contribution in [0.3, 0.4) is 0 Å². The van der Waals surface area contributed by atoms with Crippen LogP contribution < -0.4 is 0 Å². The van der Waals surface area contributed by atoms with Gasteiger partial charge < -0.3 is 0 Å². The van der Waals surface area contributed by atoms with Crippen molar-refractivity contribution in [1.82, 2.24) is 0 Å². The molecule has 4 aliphatic rings. The lowest BCUT2D eigenvalue weighted by Gasteiger charge is -2.39. The zero-order valence-electron chi connectivity index (χ0n) is 16.1. The largest absolute Gasteiger partial charge is 0.460 e. The topological polar surface area (TPSA) is 63.6 Å². The molecule has 4 bridgehead atoms. The smallest absolute Gasteiger partial charge is 0.281 e. The predicted octanol–water partition coefficient (Wildman–Crippen LogP) is 5.40. The van der Waals surface area contributed by atoms with Gasteiger partial charge in [-0.15, -0.1) is 0 Å². The summed E-state index contributed by atoms with van der Waals surface area (Å²) in [6, 6.07) is 0. The average Bonchev–Trinajstić information content (AvgIpc) is 3.36. The fourth-order valence-electron chi connectivity index (χ4n) is 6.99. The Bertz CT molecular complexity index is 832. The van der Waals surface area contributed by atoms with Gasteiger partial charge in [0.1, 0.15) is 0 Å². The van der Waals surface area contributed by atoms with Gasteiger partial charge in [0.05, 0.1) is 0 Å². The molecule has 4 nitrogen and oxygen atoms in total. The maximum atomic E-state index is 14.1. The van der Waals surface area contributed by atoms with Crippen LogP contribution in [-0.4, -0.2) is 36.4 Å². The molecule has 0 amide bonds. The highest BCUT2D eigenvalue weighted by Crippen LogP contribution is 2.69. The van der Waals surface area contributed by atoms with Gasteiger partial charge in [0, 0.05) is 6.42 Å². The van der Waals surface area contributed by atoms with Crippen LogP contribution in [-0.2, 0) is 14.9 Å². The molecule has 13 heteroatoms. The van der Waals surface area contributed by atoms with Crippen molar-refractivity contribution < 1.29 is 52.8 Å². The molecule has 7 atom stereocenters. The monoisotopic (exact) mass is 486 g/mol. The fraction of sp³-hybridized carbons (Fsp3) is 1.00. The summed E-state index contributed by atoms with van der Waals surface area (Å²) < 4.78 is 140. The van der Waals surface area contributed by atoms with E-state index in [-0.39, 0.29) is 11.8 Å². The highest BCUT2D eigenvalue weighted by molar-refractivity contribution is 7.86. The summed E-state index contributed by atoms with van der Waals surface area (Å²) >= 11 is 0. The van der Waals surface area contributed by atoms with Crippen LogP contribution in [0, 0.1) is 41.4 Å². The zero-order valence-corrected chi connectivity index (χ0v) is 16.9. The van der Waals surface area contributed by atoms with E-state index in [1.54, 1.807) is 0 Å². The first-order valence-corrected chi connectivity index (χ1v) is 11.6. The summed E-state index contributed by atoms with van der Waals surface area (Å²) in [6.45, 7) is 0. The molecular formula is C18H22F8O4S. The molecule has 0 heterocycles. The summed E-state index contributed by atoms with van der Waals surface area (Å²) in [5.74, 6) is -3.00. The van der Waals surface area contributed by atoms with Gasteiger partial charge >= 0.3 is 33.5 Å². The molecule has 0 aromatic carbocycles. The van der Waals surface area contributed by atoms with Gasteiger partial charge in [-0.3, -0.25) is 4.55 Å². The minimum atomic E-state index is -6.91. The molecule has 180 valence electrons. The summed E-state index contributed by atoms with van der Waals surface area (Å²) in [4.78, 5) is 0. The Hall–Kier alpha value is -0.690. The molecule has 1 N–H and O–H groups in total. The summed E-state index contributed by atoms with van der Waals surface area (Å²) in [5.41, 5.74) is 0. The molecule has 0 aliphatic heterocycles. The van der Waals surface area contributed by atoms with Crippen LogP contribution in [0.15, 0.2) is 0 Å². The summed E-state index contributed by atoms with van der Waals surface area (Å²) in [6.07, 6.45) is -9.90. The van der Waals surface area contributed by atoms with Gasteiger partial charge in [0.2, 0.25) is 0 Å². The first kappa shape index (κ1) is 23.5. The number of rotatable bonds is 8. The van der Waals surface area contributed by atoms with Gasteiger partial charge in [0.25, 0.3) is 0 Å². The summed E-state index contributed by atoms with van der Waals surface area (Å²) in [5, 5.41) is -6.54. The Morgan fingerprint density at radius 1 is 0.806 bits per heavy atom. The molecular weight excluding hydrogens is 464 g/mol. The molecule has 0 radical (unpaired) electrons. The highest BCUT2D eigenvalue weighted by atomic mass is 32.2. The van der Waals surface area contributed by atoms with E-state index in [4.69, 9.17) is 4.55 Å². The van der Waals surface area contributed by atoms with Gasteiger partial charge in [-0.1, -0.05) is 0 Å². The molecule has 0 saturated heterocycles. The van der Waals surface area contributed by atoms with E-state index in [1.807, 2.05) is 0 Å². The quantitative estimate of drug-likeness (QED) is 0.283. The number of hydrogen-bond donors (Lipinski definition) is 1. The number of halogens is 8. The molecule has 31 heavy (non-hydrogen) atoms. The van der Waals surface area contributed by atoms with E-state index in [9.17, 15) is 43.5 Å². The highest BCUT2D eigenvalue weighted by Gasteiger charge is 2.74. The van der Waals surface area contributed by atoms with Crippen molar-refractivity contribution in [3.63, 3.8) is 0 Å². The maximum Gasteiger partial charge on any atom is 0.460 e. The zero-order chi connectivity index (χ0) is 23.2. The standard InChI is InChI=1S/C18H22F8O4S/c19-15(20,16(21,22)30-17(23,24)18(25,26)31(27,28)29)4-3-8-5-11-7-12(8)14-10-2-1-9(6-10)13(11)14/h8-14H,1-7H2,(H,27,28,29). The minimum Gasteiger partial charge on any atom is -0.281 e. The van der Waals surface area contributed by atoms with Crippen molar-refractivity contribution in [2.45, 2.75) is 68.3 Å². The normalized spacial score (nSPS) is 38.2. The Kier molecular flexibility index (Phi) is 5.23. The van der Waals surface area contributed by atoms with E-state index in [1.165, 1.54) is 0 Å². The third kappa shape index (κ3) is 3.48. The molecule has 0 aromatic rings. The molecule has 4 saturated carbocycles. The third-order valence-electron chi connectivity index (χ3n) is 8.05. The maximum absolute atomic E-state index is 14.1. The van der Waals surface area contributed by atoms with Crippen LogP contribution in [0.1, 0.15) is 44.9 Å². The van der Waals surface area contributed by atoms with Crippen molar-refractivity contribution in [2.75, 3.05) is 0 Å². The van der Waals surface area contributed by atoms with Crippen molar-refractivity contribution in [3.05, 3.63) is 0 Å². The number of ether oxygens (including phenoxy) is 1. The van der Waals surface area contributed by atoms with Gasteiger partial charge in [-0.05, 0) is 80.0 Å². The van der Waals surface area contributed by atoms with Crippen LogP contribution in [0.4, 0.5) is 35.1 Å². The van der Waals surface area contributed by atoms with Gasteiger partial charge in [0.15, 0.2) is 0 Å². The van der Waals surface area contributed by atoms with Crippen LogP contribution in [0.25, 0.3) is 0 Å². The van der Waals surface area contributed by atoms with E-state index < -0.39 is 46.4 Å². The van der Waals surface area contributed by atoms with E-state index >= 15 is 0 Å². The van der Waals surface area contributed by atoms with Crippen molar-refractivity contribution >= 4 is 10.1 Å². The van der Waals surface area contributed by atoms with Gasteiger partial charge in [-0.2, -0.15) is 43.5 Å². The second-order valence-corrected chi connectivity index (χ2v) is 11.0. The molecule has 7 unspecified atom stereocenters. The second-order valence-electron chi connectivity index (χ2n) is 9.51. The Balaban J connectivity index is 1.41. The lowest BCUT2D eigenvalue weighted by molar-refractivity contribution is -0.456. The molecule has 4 fully saturated rings. The van der Waals surface area contributed by atoms with Crippen molar-refractivity contribution in [3.8, 4) is 0 Å². The lowest BCUT2D eigenvalue weighted by atomic mass is 9.66. The first-order chi connectivity index (χ1) is 14.0. The average molecular weight is 486 g/mol. The van der Waals surface area contributed by atoms with E-state index in [0.29, 0.717) is 36.0 Å². The number of alkyl halides is 8. The van der Waals surface area contributed by atoms with Crippen LogP contribution in [0.2, 0.25) is 0 Å². The van der Waals surface area contributed by atoms with Crippen LogP contribution >= 0.6 is 0 Å². The Morgan fingerprint density at radius 2 is 1.39 bits per heavy atom. The number of hydrogen-bond acceptors (Lipinski definition) is 3. The molecule has 4 aliphatic carbocycles. The van der Waals surface area contributed by atoms with E-state index in [0.717, 1.165) is 25.7 Å². The Labute approximate surface area is 173 Å². The van der Waals surface area contributed by atoms with Crippen LogP contribution in [0.5, 0.6) is 0 Å². The lowest BCUT2D eigenvalue weighted by Crippen LogP contribution is -2.55. The predicted molar refractivity (Wildman–Crippen MR) is 89.2 cm³/mol. The summed E-state index contributed by atoms with van der Waals surface area (Å²) in [7, 11) is -6.91. The van der Waals surface area contributed by atoms with Crippen molar-refractivity contribution in [2.24, 2.45) is 41.4 Å². The number of fused-ring (bicyclic) bond motifs is 9.